The standard InChI is InChI=1S/C16H14ClNO2/c1-18-9-14-13(16(18)19)3-2-4-15(14)20-10-11-5-7-12(17)8-6-11/h2-8H,9-10H2,1H3. The van der Waals surface area contributed by atoms with Crippen molar-refractivity contribution in [3.05, 3.63) is 64.2 Å². The van der Waals surface area contributed by atoms with Crippen LogP contribution in [0.3, 0.4) is 0 Å². The fourth-order valence-corrected chi connectivity index (χ4v) is 2.45. The summed E-state index contributed by atoms with van der Waals surface area (Å²) in [5.74, 6) is 0.826. The molecule has 0 atom stereocenters. The molecule has 0 radical (unpaired) electrons. The van der Waals surface area contributed by atoms with Crippen molar-refractivity contribution >= 4 is 17.5 Å². The van der Waals surface area contributed by atoms with Gasteiger partial charge in [-0.15, -0.1) is 0 Å². The Morgan fingerprint density at radius 1 is 1.20 bits per heavy atom. The molecule has 2 aromatic carbocycles. The summed E-state index contributed by atoms with van der Waals surface area (Å²) in [5, 5.41) is 0.710. The third-order valence-corrected chi connectivity index (χ3v) is 3.67. The largest absolute Gasteiger partial charge is 0.489 e. The van der Waals surface area contributed by atoms with Crippen LogP contribution in [0.5, 0.6) is 5.75 Å². The van der Waals surface area contributed by atoms with Gasteiger partial charge in [-0.05, 0) is 29.8 Å². The predicted molar refractivity (Wildman–Crippen MR) is 78.0 cm³/mol. The molecule has 0 saturated carbocycles. The van der Waals surface area contributed by atoms with Gasteiger partial charge in [-0.1, -0.05) is 29.8 Å². The van der Waals surface area contributed by atoms with Crippen LogP contribution in [0.15, 0.2) is 42.5 Å². The molecular formula is C16H14ClNO2. The summed E-state index contributed by atoms with van der Waals surface area (Å²) in [5.41, 5.74) is 2.75. The first-order valence-corrected chi connectivity index (χ1v) is 6.77. The molecule has 0 spiro atoms. The van der Waals surface area contributed by atoms with Crippen LogP contribution >= 0.6 is 11.6 Å². The molecule has 1 amide bonds. The molecule has 0 unspecified atom stereocenters. The lowest BCUT2D eigenvalue weighted by Gasteiger charge is -2.10. The van der Waals surface area contributed by atoms with Gasteiger partial charge in [0.25, 0.3) is 5.91 Å². The number of benzene rings is 2. The average molecular weight is 288 g/mol. The van der Waals surface area contributed by atoms with E-state index in [1.165, 1.54) is 0 Å². The zero-order chi connectivity index (χ0) is 14.1. The third-order valence-electron chi connectivity index (χ3n) is 3.41. The first kappa shape index (κ1) is 13.0. The van der Waals surface area contributed by atoms with Crippen molar-refractivity contribution in [2.75, 3.05) is 7.05 Å². The van der Waals surface area contributed by atoms with Crippen LogP contribution in [0, 0.1) is 0 Å². The lowest BCUT2D eigenvalue weighted by molar-refractivity contribution is 0.0816. The molecule has 0 saturated heterocycles. The van der Waals surface area contributed by atoms with Gasteiger partial charge in [0.05, 0.1) is 6.54 Å². The van der Waals surface area contributed by atoms with Crippen molar-refractivity contribution in [3.63, 3.8) is 0 Å². The van der Waals surface area contributed by atoms with Crippen LogP contribution in [0.25, 0.3) is 0 Å². The number of halogens is 1. The maximum absolute atomic E-state index is 11.9. The molecule has 2 aromatic rings. The Bertz CT molecular complexity index is 652. The van der Waals surface area contributed by atoms with Gasteiger partial charge in [-0.2, -0.15) is 0 Å². The highest BCUT2D eigenvalue weighted by Gasteiger charge is 2.26. The van der Waals surface area contributed by atoms with E-state index in [9.17, 15) is 4.79 Å². The molecule has 3 nitrogen and oxygen atoms in total. The molecule has 0 N–H and O–H groups in total. The van der Waals surface area contributed by atoms with E-state index in [1.54, 1.807) is 11.9 Å². The molecule has 4 heteroatoms. The van der Waals surface area contributed by atoms with Crippen LogP contribution in [-0.4, -0.2) is 17.9 Å². The smallest absolute Gasteiger partial charge is 0.254 e. The molecule has 20 heavy (non-hydrogen) atoms. The molecule has 1 aliphatic rings. The molecule has 0 bridgehead atoms. The van der Waals surface area contributed by atoms with Gasteiger partial charge in [0.15, 0.2) is 0 Å². The van der Waals surface area contributed by atoms with E-state index in [2.05, 4.69) is 0 Å². The van der Waals surface area contributed by atoms with Crippen LogP contribution in [-0.2, 0) is 13.2 Å². The van der Waals surface area contributed by atoms with Gasteiger partial charge >= 0.3 is 0 Å². The number of ether oxygens (including phenoxy) is 1. The van der Waals surface area contributed by atoms with Gasteiger partial charge in [-0.3, -0.25) is 4.79 Å². The topological polar surface area (TPSA) is 29.5 Å². The summed E-state index contributed by atoms with van der Waals surface area (Å²) in [7, 11) is 1.80. The highest BCUT2D eigenvalue weighted by Crippen LogP contribution is 2.30. The average Bonchev–Trinajstić information content (AvgIpc) is 2.75. The highest BCUT2D eigenvalue weighted by molar-refractivity contribution is 6.30. The first-order chi connectivity index (χ1) is 9.65. The summed E-state index contributed by atoms with van der Waals surface area (Å²) < 4.78 is 5.85. The van der Waals surface area contributed by atoms with Gasteiger partial charge in [0.1, 0.15) is 12.4 Å². The Kier molecular flexibility index (Phi) is 3.36. The molecular weight excluding hydrogens is 274 g/mol. The molecule has 3 rings (SSSR count). The third kappa shape index (κ3) is 2.37. The number of amides is 1. The molecule has 0 fully saturated rings. The number of carbonyl (C=O) groups excluding carboxylic acids is 1. The lowest BCUT2D eigenvalue weighted by Crippen LogP contribution is -2.17. The lowest BCUT2D eigenvalue weighted by atomic mass is 10.1. The van der Waals surface area contributed by atoms with E-state index in [0.29, 0.717) is 18.2 Å². The van der Waals surface area contributed by atoms with Crippen molar-refractivity contribution in [2.45, 2.75) is 13.2 Å². The zero-order valence-corrected chi connectivity index (χ0v) is 11.9. The maximum atomic E-state index is 11.9. The normalized spacial score (nSPS) is 13.5. The monoisotopic (exact) mass is 287 g/mol. The Hall–Kier alpha value is -2.00. The second kappa shape index (κ2) is 5.17. The van der Waals surface area contributed by atoms with E-state index in [4.69, 9.17) is 16.3 Å². The van der Waals surface area contributed by atoms with Crippen LogP contribution < -0.4 is 4.74 Å². The summed E-state index contributed by atoms with van der Waals surface area (Å²) >= 11 is 5.85. The van der Waals surface area contributed by atoms with E-state index in [-0.39, 0.29) is 5.91 Å². The van der Waals surface area contributed by atoms with E-state index in [0.717, 1.165) is 22.4 Å². The van der Waals surface area contributed by atoms with Crippen molar-refractivity contribution in [2.24, 2.45) is 0 Å². The number of hydrogen-bond acceptors (Lipinski definition) is 2. The van der Waals surface area contributed by atoms with Crippen LogP contribution in [0.4, 0.5) is 0 Å². The number of carbonyl (C=O) groups is 1. The van der Waals surface area contributed by atoms with Gasteiger partial charge in [-0.25, -0.2) is 0 Å². The fraction of sp³-hybridized carbons (Fsp3) is 0.188. The minimum atomic E-state index is 0.0527. The van der Waals surface area contributed by atoms with Crippen molar-refractivity contribution < 1.29 is 9.53 Å². The van der Waals surface area contributed by atoms with Crippen LogP contribution in [0.2, 0.25) is 5.02 Å². The van der Waals surface area contributed by atoms with E-state index < -0.39 is 0 Å². The summed E-state index contributed by atoms with van der Waals surface area (Å²) in [4.78, 5) is 13.6. The number of hydrogen-bond donors (Lipinski definition) is 0. The van der Waals surface area contributed by atoms with E-state index in [1.807, 2.05) is 42.5 Å². The quantitative estimate of drug-likeness (QED) is 0.865. The highest BCUT2D eigenvalue weighted by atomic mass is 35.5. The molecule has 1 aliphatic heterocycles. The Balaban J connectivity index is 1.79. The Labute approximate surface area is 122 Å². The van der Waals surface area contributed by atoms with Crippen molar-refractivity contribution in [1.29, 1.82) is 0 Å². The maximum Gasteiger partial charge on any atom is 0.254 e. The van der Waals surface area contributed by atoms with Gasteiger partial charge in [0.2, 0.25) is 0 Å². The van der Waals surface area contributed by atoms with Crippen molar-refractivity contribution in [1.82, 2.24) is 4.90 Å². The number of fused-ring (bicyclic) bond motifs is 1. The predicted octanol–water partition coefficient (Wildman–Crippen LogP) is 3.50. The zero-order valence-electron chi connectivity index (χ0n) is 11.1. The fourth-order valence-electron chi connectivity index (χ4n) is 2.32. The van der Waals surface area contributed by atoms with Gasteiger partial charge < -0.3 is 9.64 Å². The second-order valence-electron chi connectivity index (χ2n) is 4.86. The van der Waals surface area contributed by atoms with Crippen LogP contribution in [0.1, 0.15) is 21.5 Å². The molecule has 1 heterocycles. The molecule has 0 aromatic heterocycles. The SMILES string of the molecule is CN1Cc2c(OCc3ccc(Cl)cc3)cccc2C1=O. The first-order valence-electron chi connectivity index (χ1n) is 6.40. The summed E-state index contributed by atoms with van der Waals surface area (Å²) in [6, 6.07) is 13.1. The molecule has 102 valence electrons. The van der Waals surface area contributed by atoms with Crippen molar-refractivity contribution in [3.8, 4) is 5.75 Å². The molecule has 0 aliphatic carbocycles. The minimum Gasteiger partial charge on any atom is -0.489 e. The Morgan fingerprint density at radius 2 is 1.95 bits per heavy atom. The summed E-state index contributed by atoms with van der Waals surface area (Å²) in [6.45, 7) is 1.07. The Morgan fingerprint density at radius 3 is 2.70 bits per heavy atom. The number of rotatable bonds is 3. The summed E-state index contributed by atoms with van der Waals surface area (Å²) in [6.07, 6.45) is 0. The minimum absolute atomic E-state index is 0.0527. The van der Waals surface area contributed by atoms with E-state index >= 15 is 0 Å². The second-order valence-corrected chi connectivity index (χ2v) is 5.30. The van der Waals surface area contributed by atoms with Gasteiger partial charge in [0, 0.05) is 23.2 Å². The number of nitrogens with zero attached hydrogens (tertiary/aromatic N) is 1.